The molecule has 0 spiro atoms. The largest absolute Gasteiger partial charge is 0.497 e. The fourth-order valence-electron chi connectivity index (χ4n) is 3.00. The van der Waals surface area contributed by atoms with Gasteiger partial charge in [-0.25, -0.2) is 19.4 Å². The van der Waals surface area contributed by atoms with Crippen LogP contribution < -0.4 is 4.74 Å². The van der Waals surface area contributed by atoms with E-state index in [0.29, 0.717) is 17.4 Å². The molecule has 3 heterocycles. The van der Waals surface area contributed by atoms with E-state index < -0.39 is 5.97 Å². The number of rotatable bonds is 6. The molecule has 0 fully saturated rings. The second kappa shape index (κ2) is 8.61. The summed E-state index contributed by atoms with van der Waals surface area (Å²) in [5.41, 5.74) is 2.98. The minimum Gasteiger partial charge on any atom is -0.497 e. The third kappa shape index (κ3) is 4.44. The van der Waals surface area contributed by atoms with Crippen LogP contribution in [0.25, 0.3) is 17.3 Å². The number of ether oxygens (including phenoxy) is 2. The highest BCUT2D eigenvalue weighted by Crippen LogP contribution is 2.23. The van der Waals surface area contributed by atoms with Gasteiger partial charge in [-0.3, -0.25) is 0 Å². The Labute approximate surface area is 183 Å². The SMILES string of the molecule is COc1ccc(-c2nc(COC(=O)c3nc(-n4nc(C)cc4C)ccc3Cl)co2)cc1. The maximum absolute atomic E-state index is 12.6. The average Bonchev–Trinajstić information content (AvgIpc) is 3.38. The number of carbonyl (C=O) groups excluding carboxylic acids is 1. The number of halogens is 1. The summed E-state index contributed by atoms with van der Waals surface area (Å²) in [6, 6.07) is 12.5. The van der Waals surface area contributed by atoms with Crippen LogP contribution in [0.5, 0.6) is 5.75 Å². The molecule has 0 aliphatic heterocycles. The minimum atomic E-state index is -0.664. The number of aryl methyl sites for hydroxylation is 2. The standard InChI is InChI=1S/C22H19ClN4O4/c1-13-10-14(2)27(26-13)19-9-8-18(23)20(25-19)22(28)31-12-16-11-30-21(24-16)15-4-6-17(29-3)7-5-15/h4-11H,12H2,1-3H3. The van der Waals surface area contributed by atoms with E-state index in [4.69, 9.17) is 25.5 Å². The van der Waals surface area contributed by atoms with Crippen molar-refractivity contribution in [3.8, 4) is 23.0 Å². The van der Waals surface area contributed by atoms with E-state index in [1.807, 2.05) is 44.2 Å². The lowest BCUT2D eigenvalue weighted by Gasteiger charge is -2.08. The molecule has 0 amide bonds. The molecule has 0 unspecified atom stereocenters. The van der Waals surface area contributed by atoms with Crippen LogP contribution in [0.1, 0.15) is 27.6 Å². The van der Waals surface area contributed by atoms with Crippen molar-refractivity contribution in [1.29, 1.82) is 0 Å². The Morgan fingerprint density at radius 2 is 1.90 bits per heavy atom. The van der Waals surface area contributed by atoms with Crippen molar-refractivity contribution in [2.24, 2.45) is 0 Å². The quantitative estimate of drug-likeness (QED) is 0.407. The van der Waals surface area contributed by atoms with Crippen molar-refractivity contribution < 1.29 is 18.7 Å². The number of pyridine rings is 1. The number of oxazole rings is 1. The first-order chi connectivity index (χ1) is 14.9. The van der Waals surface area contributed by atoms with Gasteiger partial charge in [0.2, 0.25) is 5.89 Å². The molecule has 0 N–H and O–H groups in total. The van der Waals surface area contributed by atoms with E-state index >= 15 is 0 Å². The number of aromatic nitrogens is 4. The molecule has 0 atom stereocenters. The minimum absolute atomic E-state index is 0.00518. The Balaban J connectivity index is 1.47. The molecule has 0 saturated carbocycles. The van der Waals surface area contributed by atoms with Crippen LogP contribution in [0.15, 0.2) is 53.1 Å². The Kier molecular flexibility index (Phi) is 5.73. The van der Waals surface area contributed by atoms with Crippen molar-refractivity contribution in [3.63, 3.8) is 0 Å². The van der Waals surface area contributed by atoms with Gasteiger partial charge < -0.3 is 13.9 Å². The number of hydrogen-bond donors (Lipinski definition) is 0. The molecule has 0 bridgehead atoms. The fourth-order valence-corrected chi connectivity index (χ4v) is 3.18. The van der Waals surface area contributed by atoms with Crippen LogP contribution in [-0.4, -0.2) is 32.8 Å². The van der Waals surface area contributed by atoms with Crippen LogP contribution in [0.2, 0.25) is 5.02 Å². The molecule has 0 radical (unpaired) electrons. The van der Waals surface area contributed by atoms with E-state index in [1.54, 1.807) is 23.9 Å². The molecular formula is C22H19ClN4O4. The van der Waals surface area contributed by atoms with Gasteiger partial charge in [0.25, 0.3) is 0 Å². The second-order valence-corrected chi connectivity index (χ2v) is 7.19. The maximum atomic E-state index is 12.6. The first-order valence-corrected chi connectivity index (χ1v) is 9.78. The molecule has 8 nitrogen and oxygen atoms in total. The molecule has 0 aliphatic rings. The van der Waals surface area contributed by atoms with E-state index in [0.717, 1.165) is 22.7 Å². The summed E-state index contributed by atoms with van der Waals surface area (Å²) in [6.45, 7) is 3.70. The summed E-state index contributed by atoms with van der Waals surface area (Å²) in [5.74, 6) is 0.959. The lowest BCUT2D eigenvalue weighted by molar-refractivity contribution is 0.0461. The zero-order valence-electron chi connectivity index (χ0n) is 17.1. The van der Waals surface area contributed by atoms with Crippen molar-refractivity contribution in [2.45, 2.75) is 20.5 Å². The first-order valence-electron chi connectivity index (χ1n) is 9.40. The van der Waals surface area contributed by atoms with Crippen molar-refractivity contribution in [1.82, 2.24) is 19.7 Å². The molecule has 4 rings (SSSR count). The summed E-state index contributed by atoms with van der Waals surface area (Å²) >= 11 is 6.18. The summed E-state index contributed by atoms with van der Waals surface area (Å²) in [6.07, 6.45) is 1.44. The van der Waals surface area contributed by atoms with Crippen molar-refractivity contribution in [2.75, 3.05) is 7.11 Å². The maximum Gasteiger partial charge on any atom is 0.358 e. The molecule has 158 valence electrons. The smallest absolute Gasteiger partial charge is 0.358 e. The number of esters is 1. The third-order valence-corrected chi connectivity index (χ3v) is 4.80. The summed E-state index contributed by atoms with van der Waals surface area (Å²) in [7, 11) is 1.60. The normalized spacial score (nSPS) is 10.8. The summed E-state index contributed by atoms with van der Waals surface area (Å²) in [4.78, 5) is 21.3. The lowest BCUT2D eigenvalue weighted by atomic mass is 10.2. The predicted octanol–water partition coefficient (Wildman–Crippen LogP) is 4.56. The highest BCUT2D eigenvalue weighted by molar-refractivity contribution is 6.33. The molecule has 4 aromatic rings. The van der Waals surface area contributed by atoms with Gasteiger partial charge in [0.05, 0.1) is 17.8 Å². The number of nitrogens with zero attached hydrogens (tertiary/aromatic N) is 4. The van der Waals surface area contributed by atoms with Gasteiger partial charge in [-0.2, -0.15) is 5.10 Å². The van der Waals surface area contributed by atoms with Gasteiger partial charge in [-0.15, -0.1) is 0 Å². The van der Waals surface area contributed by atoms with Gasteiger partial charge >= 0.3 is 5.97 Å². The topological polar surface area (TPSA) is 92.3 Å². The summed E-state index contributed by atoms with van der Waals surface area (Å²) in [5, 5.41) is 4.56. The predicted molar refractivity (Wildman–Crippen MR) is 113 cm³/mol. The van der Waals surface area contributed by atoms with E-state index in [-0.39, 0.29) is 17.3 Å². The lowest BCUT2D eigenvalue weighted by Crippen LogP contribution is -2.11. The monoisotopic (exact) mass is 438 g/mol. The van der Waals surface area contributed by atoms with Gasteiger partial charge in [0.15, 0.2) is 11.5 Å². The average molecular weight is 439 g/mol. The molecule has 3 aromatic heterocycles. The van der Waals surface area contributed by atoms with Gasteiger partial charge in [-0.05, 0) is 56.3 Å². The fraction of sp³-hybridized carbons (Fsp3) is 0.182. The molecule has 31 heavy (non-hydrogen) atoms. The molecule has 1 aromatic carbocycles. The second-order valence-electron chi connectivity index (χ2n) is 6.79. The van der Waals surface area contributed by atoms with Crippen LogP contribution in [-0.2, 0) is 11.3 Å². The van der Waals surface area contributed by atoms with E-state index in [9.17, 15) is 4.79 Å². The van der Waals surface area contributed by atoms with Crippen LogP contribution in [0.3, 0.4) is 0 Å². The summed E-state index contributed by atoms with van der Waals surface area (Å²) < 4.78 is 17.6. The number of carbonyl (C=O) groups is 1. The highest BCUT2D eigenvalue weighted by Gasteiger charge is 2.18. The Hall–Kier alpha value is -3.65. The number of methoxy groups -OCH3 is 1. The Morgan fingerprint density at radius 1 is 1.13 bits per heavy atom. The molecule has 0 saturated heterocycles. The zero-order valence-corrected chi connectivity index (χ0v) is 17.9. The van der Waals surface area contributed by atoms with E-state index in [1.165, 1.54) is 6.26 Å². The Bertz CT molecular complexity index is 1230. The molecular weight excluding hydrogens is 420 g/mol. The highest BCUT2D eigenvalue weighted by atomic mass is 35.5. The van der Waals surface area contributed by atoms with Gasteiger partial charge in [-0.1, -0.05) is 11.6 Å². The molecule has 0 aliphatic carbocycles. The van der Waals surface area contributed by atoms with Crippen molar-refractivity contribution >= 4 is 17.6 Å². The first kappa shape index (κ1) is 20.6. The van der Waals surface area contributed by atoms with Crippen LogP contribution in [0.4, 0.5) is 0 Å². The van der Waals surface area contributed by atoms with Gasteiger partial charge in [0, 0.05) is 11.3 Å². The van der Waals surface area contributed by atoms with E-state index in [2.05, 4.69) is 15.1 Å². The van der Waals surface area contributed by atoms with Crippen LogP contribution >= 0.6 is 11.6 Å². The third-order valence-electron chi connectivity index (χ3n) is 4.49. The Morgan fingerprint density at radius 3 is 2.58 bits per heavy atom. The zero-order chi connectivity index (χ0) is 22.0. The number of hydrogen-bond acceptors (Lipinski definition) is 7. The van der Waals surface area contributed by atoms with Gasteiger partial charge in [0.1, 0.15) is 24.3 Å². The van der Waals surface area contributed by atoms with Crippen molar-refractivity contribution in [3.05, 3.63) is 76.5 Å². The van der Waals surface area contributed by atoms with Crippen LogP contribution in [0, 0.1) is 13.8 Å². The number of benzene rings is 1. The molecule has 9 heteroatoms.